The second-order valence-corrected chi connectivity index (χ2v) is 16.4. The van der Waals surface area contributed by atoms with Gasteiger partial charge in [0.25, 0.3) is 0 Å². The number of fused-ring (bicyclic) bond motifs is 6. The van der Waals surface area contributed by atoms with Crippen LogP contribution >= 0.6 is 0 Å². The fraction of sp³-hybridized carbons (Fsp3) is 0. The van der Waals surface area contributed by atoms with E-state index in [0.717, 1.165) is 28.3 Å². The quantitative estimate of drug-likeness (QED) is 0.139. The van der Waals surface area contributed by atoms with Crippen molar-refractivity contribution < 1.29 is 0 Å². The summed E-state index contributed by atoms with van der Waals surface area (Å²) in [5.41, 5.74) is 16.4. The van der Waals surface area contributed by atoms with Crippen LogP contribution in [0, 0.1) is 0 Å². The molecule has 11 aromatic carbocycles. The molecule has 0 saturated carbocycles. The highest BCUT2D eigenvalue weighted by Crippen LogP contribution is 2.47. The molecule has 64 heavy (non-hydrogen) atoms. The molecule has 0 atom stereocenters. The van der Waals surface area contributed by atoms with Crippen molar-refractivity contribution in [2.24, 2.45) is 0 Å². The second-order valence-electron chi connectivity index (χ2n) is 16.4. The Morgan fingerprint density at radius 3 is 1.52 bits per heavy atom. The summed E-state index contributed by atoms with van der Waals surface area (Å²) in [5.74, 6) is 0. The van der Waals surface area contributed by atoms with E-state index in [2.05, 4.69) is 264 Å². The normalized spacial score (nSPS) is 11.4. The van der Waals surface area contributed by atoms with Crippen molar-refractivity contribution in [3.63, 3.8) is 0 Å². The van der Waals surface area contributed by atoms with Crippen molar-refractivity contribution in [2.75, 3.05) is 4.90 Å². The molecule has 2 heteroatoms. The van der Waals surface area contributed by atoms with E-state index >= 15 is 0 Å². The van der Waals surface area contributed by atoms with Crippen LogP contribution in [0.3, 0.4) is 0 Å². The first-order valence-corrected chi connectivity index (χ1v) is 22.0. The summed E-state index contributed by atoms with van der Waals surface area (Å²) in [7, 11) is 0. The van der Waals surface area contributed by atoms with Gasteiger partial charge in [-0.25, -0.2) is 0 Å². The number of hydrogen-bond donors (Lipinski definition) is 0. The van der Waals surface area contributed by atoms with Crippen molar-refractivity contribution in [2.45, 2.75) is 0 Å². The molecule has 0 aliphatic heterocycles. The predicted octanol–water partition coefficient (Wildman–Crippen LogP) is 17.2. The van der Waals surface area contributed by atoms with E-state index in [4.69, 9.17) is 0 Å². The summed E-state index contributed by atoms with van der Waals surface area (Å²) >= 11 is 0. The molecule has 0 unspecified atom stereocenters. The van der Waals surface area contributed by atoms with Crippen molar-refractivity contribution in [1.29, 1.82) is 0 Å². The lowest BCUT2D eigenvalue weighted by Crippen LogP contribution is -2.11. The van der Waals surface area contributed by atoms with Gasteiger partial charge in [0.15, 0.2) is 0 Å². The highest BCUT2D eigenvalue weighted by Gasteiger charge is 2.22. The maximum absolute atomic E-state index is 2.44. The van der Waals surface area contributed by atoms with E-state index in [1.54, 1.807) is 0 Å². The van der Waals surface area contributed by atoms with Crippen LogP contribution in [0.15, 0.2) is 255 Å². The Balaban J connectivity index is 1.09. The minimum absolute atomic E-state index is 1.08. The minimum atomic E-state index is 1.08. The first-order chi connectivity index (χ1) is 31.8. The van der Waals surface area contributed by atoms with E-state index in [9.17, 15) is 0 Å². The van der Waals surface area contributed by atoms with Crippen molar-refractivity contribution in [1.82, 2.24) is 4.57 Å². The molecule has 0 saturated heterocycles. The lowest BCUT2D eigenvalue weighted by Gasteiger charge is -2.28. The Kier molecular flexibility index (Phi) is 9.20. The van der Waals surface area contributed by atoms with Gasteiger partial charge in [0, 0.05) is 33.4 Å². The molecule has 0 amide bonds. The predicted molar refractivity (Wildman–Crippen MR) is 272 cm³/mol. The van der Waals surface area contributed by atoms with Gasteiger partial charge in [-0.3, -0.25) is 0 Å². The summed E-state index contributed by atoms with van der Waals surface area (Å²) in [4.78, 5) is 2.44. The third kappa shape index (κ3) is 6.35. The molecule has 0 aliphatic carbocycles. The van der Waals surface area contributed by atoms with Crippen LogP contribution in [0.4, 0.5) is 17.1 Å². The van der Waals surface area contributed by atoms with Crippen LogP contribution in [-0.4, -0.2) is 4.57 Å². The van der Waals surface area contributed by atoms with Gasteiger partial charge in [-0.2, -0.15) is 0 Å². The molecule has 0 bridgehead atoms. The Bertz CT molecular complexity index is 3650. The number of aromatic nitrogens is 1. The lowest BCUT2D eigenvalue weighted by atomic mass is 9.84. The molecule has 0 fully saturated rings. The monoisotopic (exact) mass is 814 g/mol. The highest BCUT2D eigenvalue weighted by molar-refractivity contribution is 6.22. The molecule has 2 nitrogen and oxygen atoms in total. The lowest BCUT2D eigenvalue weighted by molar-refractivity contribution is 1.18. The number of rotatable bonds is 8. The zero-order chi connectivity index (χ0) is 42.4. The van der Waals surface area contributed by atoms with Gasteiger partial charge in [0.05, 0.1) is 16.7 Å². The Hall–Kier alpha value is -8.46. The third-order valence-electron chi connectivity index (χ3n) is 12.7. The van der Waals surface area contributed by atoms with Crippen LogP contribution in [0.2, 0.25) is 0 Å². The van der Waals surface area contributed by atoms with Gasteiger partial charge in [-0.1, -0.05) is 194 Å². The molecule has 1 heterocycles. The third-order valence-corrected chi connectivity index (χ3v) is 12.7. The van der Waals surface area contributed by atoms with Crippen molar-refractivity contribution >= 4 is 60.4 Å². The molecule has 12 aromatic rings. The molecule has 0 spiro atoms. The molecule has 0 aliphatic rings. The second kappa shape index (κ2) is 15.8. The molecular weight excluding hydrogens is 773 g/mol. The average molecular weight is 815 g/mol. The van der Waals surface area contributed by atoms with E-state index < -0.39 is 0 Å². The van der Waals surface area contributed by atoms with Crippen LogP contribution in [0.1, 0.15) is 0 Å². The standard InChI is InChI=1S/C62H42N2/c1-5-20-43(21-6-1)51-30-15-17-34-58(51)63(50-37-39-60-56(42-50)54-32-16-18-35-59(54)64(60)48-27-11-4-12-28-48)49-29-19-26-46(40-49)47-36-38-53-52-31-13-14-33-55(52)61(44-22-7-2-8-23-44)62(57(53)41-47)45-24-9-3-10-25-45/h1-42H. The molecule has 0 radical (unpaired) electrons. The van der Waals surface area contributed by atoms with E-state index in [1.165, 1.54) is 82.3 Å². The number of nitrogens with zero attached hydrogens (tertiary/aromatic N) is 2. The smallest absolute Gasteiger partial charge is 0.0542 e. The van der Waals surface area contributed by atoms with Crippen LogP contribution < -0.4 is 4.90 Å². The van der Waals surface area contributed by atoms with Gasteiger partial charge >= 0.3 is 0 Å². The van der Waals surface area contributed by atoms with Crippen molar-refractivity contribution in [3.05, 3.63) is 255 Å². The zero-order valence-electron chi connectivity index (χ0n) is 35.1. The van der Waals surface area contributed by atoms with Gasteiger partial charge in [0.2, 0.25) is 0 Å². The molecule has 12 rings (SSSR count). The van der Waals surface area contributed by atoms with Gasteiger partial charge < -0.3 is 9.47 Å². The van der Waals surface area contributed by atoms with Crippen LogP contribution in [0.25, 0.3) is 93.5 Å². The van der Waals surface area contributed by atoms with Crippen LogP contribution in [-0.2, 0) is 0 Å². The highest BCUT2D eigenvalue weighted by atomic mass is 15.1. The largest absolute Gasteiger partial charge is 0.310 e. The van der Waals surface area contributed by atoms with E-state index in [0.29, 0.717) is 0 Å². The Morgan fingerprint density at radius 2 is 0.781 bits per heavy atom. The summed E-state index contributed by atoms with van der Waals surface area (Å²) in [6.07, 6.45) is 0. The fourth-order valence-electron chi connectivity index (χ4n) is 9.92. The molecule has 0 N–H and O–H groups in total. The zero-order valence-corrected chi connectivity index (χ0v) is 35.1. The molecule has 1 aromatic heterocycles. The van der Waals surface area contributed by atoms with E-state index in [-0.39, 0.29) is 0 Å². The summed E-state index contributed by atoms with van der Waals surface area (Å²) in [6, 6.07) is 92.7. The average Bonchev–Trinajstić information content (AvgIpc) is 3.71. The van der Waals surface area contributed by atoms with Gasteiger partial charge in [-0.15, -0.1) is 0 Å². The maximum Gasteiger partial charge on any atom is 0.0542 e. The summed E-state index contributed by atoms with van der Waals surface area (Å²) in [5, 5.41) is 7.42. The molecular formula is C62H42N2. The number of para-hydroxylation sites is 3. The summed E-state index contributed by atoms with van der Waals surface area (Å²) in [6.45, 7) is 0. The van der Waals surface area contributed by atoms with Crippen LogP contribution in [0.5, 0.6) is 0 Å². The summed E-state index contributed by atoms with van der Waals surface area (Å²) < 4.78 is 2.38. The molecule has 300 valence electrons. The number of benzene rings is 11. The number of anilines is 3. The number of hydrogen-bond acceptors (Lipinski definition) is 1. The fourth-order valence-corrected chi connectivity index (χ4v) is 9.92. The topological polar surface area (TPSA) is 8.17 Å². The first-order valence-electron chi connectivity index (χ1n) is 22.0. The van der Waals surface area contributed by atoms with E-state index in [1.807, 2.05) is 0 Å². The van der Waals surface area contributed by atoms with Gasteiger partial charge in [0.1, 0.15) is 0 Å². The minimum Gasteiger partial charge on any atom is -0.310 e. The SMILES string of the molecule is c1ccc(-c2ccccc2N(c2cccc(-c3ccc4c(c3)c(-c3ccccc3)c(-c3ccccc3)c3ccccc34)c2)c2ccc3c(c2)c2ccccc2n3-c2ccccc2)cc1. The Morgan fingerprint density at radius 1 is 0.266 bits per heavy atom. The van der Waals surface area contributed by atoms with Crippen molar-refractivity contribution in [3.8, 4) is 50.2 Å². The maximum atomic E-state index is 2.44. The Labute approximate surface area is 373 Å². The van der Waals surface area contributed by atoms with Gasteiger partial charge in [-0.05, 0) is 121 Å². The first kappa shape index (κ1) is 37.3.